The van der Waals surface area contributed by atoms with Gasteiger partial charge in [-0.1, -0.05) is 316 Å². The Morgan fingerprint density at radius 3 is 0.865 bits per heavy atom. The van der Waals surface area contributed by atoms with Crippen LogP contribution in [0.4, 0.5) is 0 Å². The number of rotatable bonds is 62. The molecule has 0 spiro atoms. The first-order valence-corrected chi connectivity index (χ1v) is 32.7. The summed E-state index contributed by atoms with van der Waals surface area (Å²) in [5.74, 6) is -1.99. The zero-order chi connectivity index (χ0) is 54.1. The van der Waals surface area contributed by atoms with Crippen LogP contribution in [-0.2, 0) is 33.3 Å². The molecule has 1 N–H and O–H groups in total. The van der Waals surface area contributed by atoms with Crippen molar-refractivity contribution in [3.05, 3.63) is 0 Å². The fourth-order valence-corrected chi connectivity index (χ4v) is 10.1. The molecule has 0 aromatic heterocycles. The summed E-state index contributed by atoms with van der Waals surface area (Å²) in [6, 6.07) is 0. The van der Waals surface area contributed by atoms with Gasteiger partial charge in [-0.15, -0.1) is 0 Å². The number of hydrogen-bond donors (Lipinski definition) is 1. The van der Waals surface area contributed by atoms with E-state index in [-0.39, 0.29) is 38.2 Å². The second-order valence-corrected chi connectivity index (χ2v) is 23.8. The summed E-state index contributed by atoms with van der Waals surface area (Å²) in [5.41, 5.74) is 0. The van der Waals surface area contributed by atoms with Gasteiger partial charge in [0.05, 0.1) is 34.4 Å². The number of carboxylic acids is 1. The van der Waals surface area contributed by atoms with Crippen molar-refractivity contribution in [2.24, 2.45) is 0 Å². The first kappa shape index (κ1) is 72.3. The highest BCUT2D eigenvalue weighted by Crippen LogP contribution is 2.19. The van der Waals surface area contributed by atoms with Crippen LogP contribution < -0.4 is 0 Å². The van der Waals surface area contributed by atoms with Crippen molar-refractivity contribution >= 4 is 17.9 Å². The maximum Gasteiger partial charge on any atom is 0.361 e. The fraction of sp³-hybridized carbons (Fsp3) is 0.954. The van der Waals surface area contributed by atoms with E-state index in [9.17, 15) is 19.5 Å². The molecule has 0 radical (unpaired) electrons. The molecule has 0 rings (SSSR count). The van der Waals surface area contributed by atoms with Gasteiger partial charge in [-0.05, 0) is 12.8 Å². The molecule has 0 aromatic rings. The van der Waals surface area contributed by atoms with Crippen molar-refractivity contribution in [2.45, 2.75) is 354 Å². The van der Waals surface area contributed by atoms with E-state index in [1.165, 1.54) is 276 Å². The predicted octanol–water partition coefficient (Wildman–Crippen LogP) is 19.5. The van der Waals surface area contributed by atoms with Gasteiger partial charge < -0.3 is 28.5 Å². The number of nitrogens with zero attached hydrogens (tertiary/aromatic N) is 1. The van der Waals surface area contributed by atoms with Crippen molar-refractivity contribution in [1.82, 2.24) is 0 Å². The quantitative estimate of drug-likeness (QED) is 0.0278. The number of quaternary nitrogens is 1. The molecule has 0 aliphatic carbocycles. The normalized spacial score (nSPS) is 12.6. The topological polar surface area (TPSA) is 108 Å². The van der Waals surface area contributed by atoms with Crippen LogP contribution in [0.5, 0.6) is 0 Å². The highest BCUT2D eigenvalue weighted by molar-refractivity contribution is 5.71. The molecular weight excluding hydrogens is 923 g/mol. The molecule has 0 saturated carbocycles. The minimum atomic E-state index is -1.50. The zero-order valence-electron chi connectivity index (χ0n) is 50.3. The lowest BCUT2D eigenvalue weighted by Crippen LogP contribution is -2.40. The van der Waals surface area contributed by atoms with E-state index in [1.54, 1.807) is 0 Å². The van der Waals surface area contributed by atoms with Crippen molar-refractivity contribution in [3.63, 3.8) is 0 Å². The van der Waals surface area contributed by atoms with Crippen LogP contribution in [-0.4, -0.2) is 87.4 Å². The fourth-order valence-electron chi connectivity index (χ4n) is 10.1. The van der Waals surface area contributed by atoms with Gasteiger partial charge in [-0.2, -0.15) is 0 Å². The molecule has 2 atom stereocenters. The number of ether oxygens (including phenoxy) is 4. The molecule has 9 nitrogen and oxygen atoms in total. The third-order valence-electron chi connectivity index (χ3n) is 15.1. The van der Waals surface area contributed by atoms with Gasteiger partial charge in [0.15, 0.2) is 6.10 Å². The maximum atomic E-state index is 12.8. The third kappa shape index (κ3) is 58.0. The molecule has 0 aliphatic rings. The van der Waals surface area contributed by atoms with Crippen LogP contribution in [0.25, 0.3) is 0 Å². The number of carboxylic acid groups (broad SMARTS) is 1. The Balaban J connectivity index is 3.75. The first-order chi connectivity index (χ1) is 36.1. The van der Waals surface area contributed by atoms with E-state index in [0.29, 0.717) is 17.4 Å². The Morgan fingerprint density at radius 1 is 0.351 bits per heavy atom. The molecule has 0 bridgehead atoms. The second kappa shape index (κ2) is 57.5. The SMILES string of the molecule is CCCCCCCCCCCCCCCCCCCCCCCCCCCCCCCCCCCCCCCCCCCC(=O)OC(COC(=O)CCCCCCCCCC)COC(OCC[N+](C)(C)C)C(=O)O. The summed E-state index contributed by atoms with van der Waals surface area (Å²) in [5, 5.41) is 9.66. The lowest BCUT2D eigenvalue weighted by atomic mass is 10.0. The molecule has 0 aliphatic heterocycles. The van der Waals surface area contributed by atoms with Crippen LogP contribution in [0.1, 0.15) is 341 Å². The van der Waals surface area contributed by atoms with Crippen molar-refractivity contribution in [2.75, 3.05) is 47.5 Å². The summed E-state index contributed by atoms with van der Waals surface area (Å²) in [6.07, 6.45) is 64.2. The Bertz CT molecular complexity index is 1180. The first-order valence-electron chi connectivity index (χ1n) is 32.7. The average Bonchev–Trinajstić information content (AvgIpc) is 3.37. The molecule has 74 heavy (non-hydrogen) atoms. The largest absolute Gasteiger partial charge is 0.477 e. The zero-order valence-corrected chi connectivity index (χ0v) is 50.3. The smallest absolute Gasteiger partial charge is 0.361 e. The molecule has 440 valence electrons. The third-order valence-corrected chi connectivity index (χ3v) is 15.1. The Kier molecular flexibility index (Phi) is 56.1. The lowest BCUT2D eigenvalue weighted by Gasteiger charge is -2.25. The second-order valence-electron chi connectivity index (χ2n) is 23.8. The number of aliphatic carboxylic acids is 1. The van der Waals surface area contributed by atoms with Gasteiger partial charge in [0.25, 0.3) is 6.29 Å². The van der Waals surface area contributed by atoms with E-state index >= 15 is 0 Å². The Hall–Kier alpha value is -1.71. The summed E-state index contributed by atoms with van der Waals surface area (Å²) in [7, 11) is 5.97. The summed E-state index contributed by atoms with van der Waals surface area (Å²) < 4.78 is 22.8. The van der Waals surface area contributed by atoms with Crippen LogP contribution in [0.3, 0.4) is 0 Å². The highest BCUT2D eigenvalue weighted by atomic mass is 16.7. The van der Waals surface area contributed by atoms with Gasteiger partial charge in [0.2, 0.25) is 0 Å². The van der Waals surface area contributed by atoms with E-state index < -0.39 is 18.4 Å². The molecule has 0 amide bonds. The molecule has 0 aromatic carbocycles. The van der Waals surface area contributed by atoms with Gasteiger partial charge in [-0.3, -0.25) is 9.59 Å². The van der Waals surface area contributed by atoms with Gasteiger partial charge in [0, 0.05) is 12.8 Å². The minimum Gasteiger partial charge on any atom is -0.477 e. The Morgan fingerprint density at radius 2 is 0.608 bits per heavy atom. The van der Waals surface area contributed by atoms with E-state index in [2.05, 4.69) is 13.8 Å². The number of hydrogen-bond acceptors (Lipinski definition) is 7. The van der Waals surface area contributed by atoms with Crippen LogP contribution >= 0.6 is 0 Å². The lowest BCUT2D eigenvalue weighted by molar-refractivity contribution is -0.870. The summed E-state index contributed by atoms with van der Waals surface area (Å²) in [4.78, 5) is 37.2. The van der Waals surface area contributed by atoms with Crippen molar-refractivity contribution < 1.29 is 42.9 Å². The van der Waals surface area contributed by atoms with Gasteiger partial charge in [0.1, 0.15) is 13.2 Å². The molecule has 2 unspecified atom stereocenters. The monoisotopic (exact) mass is 1050 g/mol. The van der Waals surface area contributed by atoms with Gasteiger partial charge >= 0.3 is 17.9 Å². The van der Waals surface area contributed by atoms with E-state index in [4.69, 9.17) is 18.9 Å². The Labute approximate surface area is 460 Å². The minimum absolute atomic E-state index is 0.174. The summed E-state index contributed by atoms with van der Waals surface area (Å²) >= 11 is 0. The number of carbonyl (C=O) groups excluding carboxylic acids is 2. The molecule has 0 saturated heterocycles. The number of unbranched alkanes of at least 4 members (excludes halogenated alkanes) is 47. The van der Waals surface area contributed by atoms with E-state index in [0.717, 1.165) is 38.5 Å². The number of carbonyl (C=O) groups is 3. The van der Waals surface area contributed by atoms with Crippen molar-refractivity contribution in [3.8, 4) is 0 Å². The number of likely N-dealkylation sites (N-methyl/N-ethyl adjacent to an activating group) is 1. The van der Waals surface area contributed by atoms with Crippen LogP contribution in [0, 0.1) is 0 Å². The average molecular weight is 1050 g/mol. The highest BCUT2D eigenvalue weighted by Gasteiger charge is 2.25. The number of esters is 2. The molecule has 0 fully saturated rings. The molecule has 9 heteroatoms. The molecular formula is C65H128NO8+. The maximum absolute atomic E-state index is 12.8. The van der Waals surface area contributed by atoms with Crippen molar-refractivity contribution in [1.29, 1.82) is 0 Å². The van der Waals surface area contributed by atoms with Crippen LogP contribution in [0.15, 0.2) is 0 Å². The predicted molar refractivity (Wildman–Crippen MR) is 314 cm³/mol. The van der Waals surface area contributed by atoms with E-state index in [1.807, 2.05) is 21.1 Å². The molecule has 0 heterocycles. The van der Waals surface area contributed by atoms with Gasteiger partial charge in [-0.25, -0.2) is 4.79 Å². The van der Waals surface area contributed by atoms with Crippen LogP contribution in [0.2, 0.25) is 0 Å². The standard InChI is InChI=1S/C65H127NO8/c1-6-8-10-12-14-16-17-18-19-20-21-22-23-24-25-26-27-28-29-30-31-32-33-34-35-36-37-38-39-40-41-42-43-44-45-46-47-48-50-52-54-56-63(68)74-61(60-73-65(64(69)70)71-58-57-66(3,4)5)59-72-62(67)55-53-51-49-15-13-11-9-7-2/h61,65H,6-60H2,1-5H3/p+1. The summed E-state index contributed by atoms with van der Waals surface area (Å²) in [6.45, 7) is 4.90.